The van der Waals surface area contributed by atoms with E-state index in [-0.39, 0.29) is 0 Å². The molecule has 0 spiro atoms. The molecule has 4 rings (SSSR count). The van der Waals surface area contributed by atoms with E-state index in [9.17, 15) is 0 Å². The Balaban J connectivity index is 1.73. The molecule has 2 nitrogen and oxygen atoms in total. The van der Waals surface area contributed by atoms with Crippen LogP contribution in [0, 0.1) is 27.7 Å². The van der Waals surface area contributed by atoms with E-state index in [4.69, 9.17) is 4.74 Å². The summed E-state index contributed by atoms with van der Waals surface area (Å²) in [5.74, 6) is 1.66. The molecule has 0 radical (unpaired) electrons. The number of nitrogens with zero attached hydrogens (tertiary/aromatic N) is 1. The van der Waals surface area contributed by atoms with E-state index in [0.717, 1.165) is 28.6 Å². The zero-order valence-electron chi connectivity index (χ0n) is 18.0. The summed E-state index contributed by atoms with van der Waals surface area (Å²) in [7, 11) is 0. The molecule has 0 bridgehead atoms. The predicted octanol–water partition coefficient (Wildman–Crippen LogP) is 8.18. The van der Waals surface area contributed by atoms with Gasteiger partial charge in [-0.25, -0.2) is 0 Å². The predicted molar refractivity (Wildman–Crippen MR) is 127 cm³/mol. The lowest BCUT2D eigenvalue weighted by molar-refractivity contribution is 0.483. The molecule has 30 heavy (non-hydrogen) atoms. The Labute approximate surface area is 179 Å². The zero-order valence-corrected chi connectivity index (χ0v) is 18.0. The lowest BCUT2D eigenvalue weighted by atomic mass is 10.1. The first-order valence-corrected chi connectivity index (χ1v) is 10.3. The van der Waals surface area contributed by atoms with Gasteiger partial charge in [0.15, 0.2) is 0 Å². The molecule has 0 aromatic heterocycles. The fourth-order valence-corrected chi connectivity index (χ4v) is 3.46. The Bertz CT molecular complexity index is 1100. The van der Waals surface area contributed by atoms with Gasteiger partial charge in [0.1, 0.15) is 11.5 Å². The van der Waals surface area contributed by atoms with E-state index < -0.39 is 0 Å². The zero-order chi connectivity index (χ0) is 21.1. The van der Waals surface area contributed by atoms with E-state index in [2.05, 4.69) is 81.1 Å². The van der Waals surface area contributed by atoms with Crippen molar-refractivity contribution in [2.45, 2.75) is 27.7 Å². The fourth-order valence-electron chi connectivity index (χ4n) is 3.46. The molecule has 0 saturated carbocycles. The van der Waals surface area contributed by atoms with Crippen LogP contribution < -0.4 is 9.64 Å². The van der Waals surface area contributed by atoms with Crippen LogP contribution in [0.5, 0.6) is 11.5 Å². The van der Waals surface area contributed by atoms with Crippen molar-refractivity contribution in [2.24, 2.45) is 0 Å². The molecule has 0 heterocycles. The van der Waals surface area contributed by atoms with Crippen molar-refractivity contribution in [3.63, 3.8) is 0 Å². The van der Waals surface area contributed by atoms with Gasteiger partial charge >= 0.3 is 0 Å². The van der Waals surface area contributed by atoms with Gasteiger partial charge in [0.05, 0.1) is 0 Å². The van der Waals surface area contributed by atoms with Crippen molar-refractivity contribution < 1.29 is 4.74 Å². The number of hydrogen-bond donors (Lipinski definition) is 0. The average molecular weight is 394 g/mol. The molecule has 4 aromatic carbocycles. The minimum absolute atomic E-state index is 0.824. The van der Waals surface area contributed by atoms with E-state index >= 15 is 0 Å². The Kier molecular flexibility index (Phi) is 5.58. The summed E-state index contributed by atoms with van der Waals surface area (Å²) < 4.78 is 5.98. The van der Waals surface area contributed by atoms with Crippen LogP contribution in [0.3, 0.4) is 0 Å². The van der Waals surface area contributed by atoms with E-state index in [1.807, 2.05) is 42.5 Å². The van der Waals surface area contributed by atoms with Gasteiger partial charge in [-0.2, -0.15) is 0 Å². The summed E-state index contributed by atoms with van der Waals surface area (Å²) in [6.07, 6.45) is 0. The molecular formula is C28H27NO. The molecule has 0 N–H and O–H groups in total. The number of anilines is 3. The van der Waals surface area contributed by atoms with Crippen LogP contribution in [0.4, 0.5) is 17.1 Å². The van der Waals surface area contributed by atoms with Crippen LogP contribution in [-0.4, -0.2) is 0 Å². The van der Waals surface area contributed by atoms with Gasteiger partial charge < -0.3 is 9.64 Å². The van der Waals surface area contributed by atoms with E-state index in [1.165, 1.54) is 22.3 Å². The standard InChI is InChI=1S/C28H27NO/c1-20-10-12-25(18-22(20)3)29(26-13-11-21(2)23(4)19-26)24-14-16-28(17-15-24)30-27-8-6-5-7-9-27/h5-19H,1-4H3. The van der Waals surface area contributed by atoms with Crippen molar-refractivity contribution in [3.05, 3.63) is 113 Å². The van der Waals surface area contributed by atoms with Crippen LogP contribution in [0.1, 0.15) is 22.3 Å². The molecule has 0 aliphatic carbocycles. The van der Waals surface area contributed by atoms with Gasteiger partial charge in [0, 0.05) is 17.1 Å². The first-order chi connectivity index (χ1) is 14.5. The number of rotatable bonds is 5. The average Bonchev–Trinajstić information content (AvgIpc) is 2.75. The molecule has 0 atom stereocenters. The highest BCUT2D eigenvalue weighted by Gasteiger charge is 2.14. The van der Waals surface area contributed by atoms with Crippen LogP contribution in [0.2, 0.25) is 0 Å². The fraction of sp³-hybridized carbons (Fsp3) is 0.143. The second-order valence-electron chi connectivity index (χ2n) is 7.78. The minimum Gasteiger partial charge on any atom is -0.457 e. The van der Waals surface area contributed by atoms with Gasteiger partial charge in [-0.1, -0.05) is 30.3 Å². The summed E-state index contributed by atoms with van der Waals surface area (Å²) >= 11 is 0. The summed E-state index contributed by atoms with van der Waals surface area (Å²) in [6, 6.07) is 31.4. The van der Waals surface area contributed by atoms with Crippen molar-refractivity contribution in [1.82, 2.24) is 0 Å². The molecule has 2 heteroatoms. The van der Waals surface area contributed by atoms with E-state index in [0.29, 0.717) is 0 Å². The highest BCUT2D eigenvalue weighted by Crippen LogP contribution is 2.37. The second kappa shape index (κ2) is 8.46. The van der Waals surface area contributed by atoms with Crippen LogP contribution >= 0.6 is 0 Å². The molecule has 0 aliphatic rings. The van der Waals surface area contributed by atoms with Gasteiger partial charge in [-0.05, 0) is 111 Å². The molecular weight excluding hydrogens is 366 g/mol. The quantitative estimate of drug-likeness (QED) is 0.339. The lowest BCUT2D eigenvalue weighted by Gasteiger charge is -2.27. The molecule has 0 amide bonds. The maximum atomic E-state index is 5.98. The Morgan fingerprint density at radius 2 is 0.933 bits per heavy atom. The van der Waals surface area contributed by atoms with Gasteiger partial charge in [-0.3, -0.25) is 0 Å². The number of aryl methyl sites for hydroxylation is 4. The Hall–Kier alpha value is -3.52. The van der Waals surface area contributed by atoms with Crippen LogP contribution in [0.25, 0.3) is 0 Å². The topological polar surface area (TPSA) is 12.5 Å². The molecule has 0 aliphatic heterocycles. The maximum absolute atomic E-state index is 5.98. The van der Waals surface area contributed by atoms with Crippen molar-refractivity contribution >= 4 is 17.1 Å². The minimum atomic E-state index is 0.824. The number of hydrogen-bond acceptors (Lipinski definition) is 2. The summed E-state index contributed by atoms with van der Waals surface area (Å²) in [6.45, 7) is 8.62. The number of ether oxygens (including phenoxy) is 1. The third-order valence-electron chi connectivity index (χ3n) is 5.57. The van der Waals surface area contributed by atoms with E-state index in [1.54, 1.807) is 0 Å². The third kappa shape index (κ3) is 4.23. The van der Waals surface area contributed by atoms with Gasteiger partial charge in [0.2, 0.25) is 0 Å². The summed E-state index contributed by atoms with van der Waals surface area (Å²) in [4.78, 5) is 2.30. The highest BCUT2D eigenvalue weighted by atomic mass is 16.5. The Morgan fingerprint density at radius 3 is 1.43 bits per heavy atom. The lowest BCUT2D eigenvalue weighted by Crippen LogP contribution is -2.10. The molecule has 0 fully saturated rings. The van der Waals surface area contributed by atoms with Crippen molar-refractivity contribution in [1.29, 1.82) is 0 Å². The smallest absolute Gasteiger partial charge is 0.127 e. The SMILES string of the molecule is Cc1ccc(N(c2ccc(Oc3ccccc3)cc2)c2ccc(C)c(C)c2)cc1C. The molecule has 4 aromatic rings. The number of para-hydroxylation sites is 1. The first kappa shape index (κ1) is 19.8. The molecule has 0 saturated heterocycles. The monoisotopic (exact) mass is 393 g/mol. The maximum Gasteiger partial charge on any atom is 0.127 e. The summed E-state index contributed by atoms with van der Waals surface area (Å²) in [5.41, 5.74) is 8.56. The normalized spacial score (nSPS) is 10.7. The first-order valence-electron chi connectivity index (χ1n) is 10.3. The van der Waals surface area contributed by atoms with Crippen LogP contribution in [-0.2, 0) is 0 Å². The van der Waals surface area contributed by atoms with Crippen molar-refractivity contribution in [2.75, 3.05) is 4.90 Å². The van der Waals surface area contributed by atoms with Crippen molar-refractivity contribution in [3.8, 4) is 11.5 Å². The largest absolute Gasteiger partial charge is 0.457 e. The molecule has 0 unspecified atom stereocenters. The summed E-state index contributed by atoms with van der Waals surface area (Å²) in [5, 5.41) is 0. The van der Waals surface area contributed by atoms with Crippen LogP contribution in [0.15, 0.2) is 91.0 Å². The second-order valence-corrected chi connectivity index (χ2v) is 7.78. The van der Waals surface area contributed by atoms with Gasteiger partial charge in [-0.15, -0.1) is 0 Å². The third-order valence-corrected chi connectivity index (χ3v) is 5.57. The highest BCUT2D eigenvalue weighted by molar-refractivity contribution is 5.77. The number of benzene rings is 4. The Morgan fingerprint density at radius 1 is 0.467 bits per heavy atom. The molecule has 150 valence electrons. The van der Waals surface area contributed by atoms with Gasteiger partial charge in [0.25, 0.3) is 0 Å².